The van der Waals surface area contributed by atoms with Crippen molar-refractivity contribution in [3.8, 4) is 0 Å². The molecule has 0 amide bonds. The van der Waals surface area contributed by atoms with Gasteiger partial charge in [0, 0.05) is 6.61 Å². The molecule has 3 rings (SSSR count). The van der Waals surface area contributed by atoms with Gasteiger partial charge in [0.1, 0.15) is 6.10 Å². The molecule has 12 heteroatoms. The highest BCUT2D eigenvalue weighted by atomic mass is 32.2. The first-order valence-electron chi connectivity index (χ1n) is 14.2. The van der Waals surface area contributed by atoms with Crippen molar-refractivity contribution in [2.24, 2.45) is 5.92 Å². The van der Waals surface area contributed by atoms with Crippen LogP contribution in [0.25, 0.3) is 0 Å². The Balaban J connectivity index is 1.83. The van der Waals surface area contributed by atoms with Gasteiger partial charge in [-0.25, -0.2) is 0 Å². The van der Waals surface area contributed by atoms with Crippen LogP contribution in [0.15, 0.2) is 60.7 Å². The van der Waals surface area contributed by atoms with E-state index in [1.807, 2.05) is 87.2 Å². The van der Waals surface area contributed by atoms with Gasteiger partial charge >= 0.3 is 15.6 Å². The van der Waals surface area contributed by atoms with Gasteiger partial charge in [-0.1, -0.05) is 67.6 Å². The van der Waals surface area contributed by atoms with Crippen molar-refractivity contribution in [1.29, 1.82) is 0 Å². The maximum atomic E-state index is 13.1. The Labute approximate surface area is 248 Å². The number of benzene rings is 2. The summed E-state index contributed by atoms with van der Waals surface area (Å²) in [6.07, 6.45) is -0.639. The van der Waals surface area contributed by atoms with Crippen LogP contribution in [-0.4, -0.2) is 59.4 Å². The fraction of sp³-hybridized carbons (Fsp3) is 0.600. The predicted molar refractivity (Wildman–Crippen MR) is 157 cm³/mol. The lowest BCUT2D eigenvalue weighted by molar-refractivity contribution is -0.161. The molecule has 0 aromatic heterocycles. The predicted octanol–water partition coefficient (Wildman–Crippen LogP) is 6.84. The molecule has 0 bridgehead atoms. The molecule has 1 aliphatic heterocycles. The summed E-state index contributed by atoms with van der Waals surface area (Å²) in [4.78, 5) is 0. The summed E-state index contributed by atoms with van der Waals surface area (Å²) in [5.41, 5.74) is -4.63. The number of alkyl halides is 3. The van der Waals surface area contributed by atoms with Crippen LogP contribution in [0.1, 0.15) is 44.2 Å². The van der Waals surface area contributed by atoms with E-state index in [1.165, 1.54) is 0 Å². The Bertz CT molecular complexity index is 1190. The highest BCUT2D eigenvalue weighted by Crippen LogP contribution is 2.38. The van der Waals surface area contributed by atoms with E-state index in [4.69, 9.17) is 18.6 Å². The summed E-state index contributed by atoms with van der Waals surface area (Å²) in [7, 11) is -8.08. The minimum absolute atomic E-state index is 0.141. The number of hydrogen-bond donors (Lipinski definition) is 0. The lowest BCUT2D eigenvalue weighted by Gasteiger charge is -2.41. The van der Waals surface area contributed by atoms with Gasteiger partial charge in [0.25, 0.3) is 0 Å². The smallest absolute Gasteiger partial charge is 0.410 e. The fourth-order valence-corrected chi connectivity index (χ4v) is 7.15. The van der Waals surface area contributed by atoms with Crippen molar-refractivity contribution in [2.45, 2.75) is 95.4 Å². The van der Waals surface area contributed by atoms with Gasteiger partial charge in [-0.15, -0.1) is 0 Å². The fourth-order valence-electron chi connectivity index (χ4n) is 5.08. The molecule has 0 saturated carbocycles. The maximum absolute atomic E-state index is 13.1. The second-order valence-electron chi connectivity index (χ2n) is 12.0. The molecule has 236 valence electrons. The molecule has 0 aliphatic carbocycles. The monoisotopic (exact) mass is 632 g/mol. The molecule has 1 heterocycles. The van der Waals surface area contributed by atoms with E-state index in [0.717, 1.165) is 11.1 Å². The standard InChI is InChI=1S/C30H43F3O7SSi/c1-23(17-19-36-20-24-12-8-6-9-13-24)28-26(37-21-25-14-10-7-11-15-25)16-18-29(2,40-42(3,4)5)27(39-28)22-38-41(34,35)30(31,32)33/h6-15,23,26-28H,16-22H2,1-5H3/t23-,26+,27+,28-,29-/m1/s1. The molecule has 1 fully saturated rings. The quantitative estimate of drug-likeness (QED) is 0.0977. The molecule has 1 saturated heterocycles. The Morgan fingerprint density at radius 1 is 1.00 bits per heavy atom. The Morgan fingerprint density at radius 2 is 1.57 bits per heavy atom. The molecule has 0 radical (unpaired) electrons. The Hall–Kier alpha value is -1.80. The Morgan fingerprint density at radius 3 is 2.12 bits per heavy atom. The first kappa shape index (κ1) is 34.7. The molecule has 0 spiro atoms. The molecule has 1 aliphatic rings. The zero-order valence-corrected chi connectivity index (χ0v) is 26.7. The summed E-state index contributed by atoms with van der Waals surface area (Å²) in [5.74, 6) is -0.141. The van der Waals surface area contributed by atoms with Crippen LogP contribution in [0.5, 0.6) is 0 Å². The van der Waals surface area contributed by atoms with E-state index in [1.54, 1.807) is 6.92 Å². The zero-order valence-electron chi connectivity index (χ0n) is 24.9. The summed E-state index contributed by atoms with van der Waals surface area (Å²) >= 11 is 0. The number of hydrogen-bond acceptors (Lipinski definition) is 7. The molecule has 2 aromatic rings. The second kappa shape index (κ2) is 14.8. The largest absolute Gasteiger partial charge is 0.523 e. The van der Waals surface area contributed by atoms with Crippen molar-refractivity contribution >= 4 is 18.4 Å². The van der Waals surface area contributed by atoms with E-state index >= 15 is 0 Å². The first-order chi connectivity index (χ1) is 19.6. The van der Waals surface area contributed by atoms with Crippen molar-refractivity contribution in [2.75, 3.05) is 13.2 Å². The van der Waals surface area contributed by atoms with Crippen molar-refractivity contribution in [3.05, 3.63) is 71.8 Å². The summed E-state index contributed by atoms with van der Waals surface area (Å²) < 4.78 is 92.9. The first-order valence-corrected chi connectivity index (χ1v) is 19.0. The minimum atomic E-state index is -5.82. The van der Waals surface area contributed by atoms with Crippen LogP contribution >= 0.6 is 0 Å². The molecule has 2 aromatic carbocycles. The third-order valence-corrected chi connectivity index (χ3v) is 9.28. The van der Waals surface area contributed by atoms with Crippen molar-refractivity contribution in [1.82, 2.24) is 0 Å². The molecule has 7 nitrogen and oxygen atoms in total. The van der Waals surface area contributed by atoms with Gasteiger partial charge in [-0.3, -0.25) is 4.18 Å². The summed E-state index contributed by atoms with van der Waals surface area (Å²) in [6.45, 7) is 9.96. The van der Waals surface area contributed by atoms with E-state index in [2.05, 4.69) is 4.18 Å². The van der Waals surface area contributed by atoms with Crippen LogP contribution in [0.4, 0.5) is 13.2 Å². The SMILES string of the molecule is C[C@H](CCOCc1ccccc1)[C@H]1O[C@@H](COS(=O)(=O)C(F)(F)F)[C@](C)(O[Si](C)(C)C)CC[C@@H]1OCc1ccccc1. The minimum Gasteiger partial charge on any atom is -0.410 e. The topological polar surface area (TPSA) is 80.3 Å². The molecule has 0 unspecified atom stereocenters. The average Bonchev–Trinajstić information content (AvgIpc) is 3.04. The van der Waals surface area contributed by atoms with E-state index in [9.17, 15) is 21.6 Å². The second-order valence-corrected chi connectivity index (χ2v) is 18.0. The Kier molecular flexibility index (Phi) is 12.2. The van der Waals surface area contributed by atoms with Gasteiger partial charge in [0.15, 0.2) is 8.32 Å². The average molecular weight is 633 g/mol. The van der Waals surface area contributed by atoms with Gasteiger partial charge in [-0.2, -0.15) is 21.6 Å². The van der Waals surface area contributed by atoms with Crippen LogP contribution < -0.4 is 0 Å². The van der Waals surface area contributed by atoms with E-state index < -0.39 is 54.5 Å². The van der Waals surface area contributed by atoms with E-state index in [-0.39, 0.29) is 5.92 Å². The normalized spacial score (nSPS) is 24.7. The molecule has 5 atom stereocenters. The lowest BCUT2D eigenvalue weighted by atomic mass is 9.91. The third kappa shape index (κ3) is 10.4. The lowest BCUT2D eigenvalue weighted by Crippen LogP contribution is -2.52. The van der Waals surface area contributed by atoms with Crippen LogP contribution in [-0.2, 0) is 46.2 Å². The van der Waals surface area contributed by atoms with Crippen molar-refractivity contribution in [3.63, 3.8) is 0 Å². The van der Waals surface area contributed by atoms with Crippen molar-refractivity contribution < 1.29 is 44.4 Å². The highest BCUT2D eigenvalue weighted by Gasteiger charge is 2.51. The summed E-state index contributed by atoms with van der Waals surface area (Å²) in [5, 5.41) is 0. The van der Waals surface area contributed by atoms with Gasteiger partial charge in [0.2, 0.25) is 0 Å². The van der Waals surface area contributed by atoms with Crippen LogP contribution in [0.3, 0.4) is 0 Å². The molecule has 42 heavy (non-hydrogen) atoms. The number of ether oxygens (including phenoxy) is 3. The molecular formula is C30H43F3O7SSi. The van der Waals surface area contributed by atoms with E-state index in [0.29, 0.717) is 39.1 Å². The third-order valence-electron chi connectivity index (χ3n) is 7.19. The van der Waals surface area contributed by atoms with Crippen LogP contribution in [0, 0.1) is 5.92 Å². The molecule has 0 N–H and O–H groups in total. The summed E-state index contributed by atoms with van der Waals surface area (Å²) in [6, 6.07) is 19.4. The maximum Gasteiger partial charge on any atom is 0.523 e. The highest BCUT2D eigenvalue weighted by molar-refractivity contribution is 7.87. The number of halogens is 3. The molecular weight excluding hydrogens is 589 g/mol. The van der Waals surface area contributed by atoms with Gasteiger partial charge < -0.3 is 18.6 Å². The van der Waals surface area contributed by atoms with Gasteiger partial charge in [-0.05, 0) is 62.9 Å². The van der Waals surface area contributed by atoms with Crippen LogP contribution in [0.2, 0.25) is 19.6 Å². The number of rotatable bonds is 14. The zero-order chi connectivity index (χ0) is 31.0. The van der Waals surface area contributed by atoms with Gasteiger partial charge in [0.05, 0.1) is 37.6 Å².